The number of rotatable bonds is 9. The van der Waals surface area contributed by atoms with Gasteiger partial charge in [-0.15, -0.1) is 0 Å². The molecule has 3 rings (SSSR count). The van der Waals surface area contributed by atoms with E-state index in [1.807, 2.05) is 39.0 Å². The van der Waals surface area contributed by atoms with Gasteiger partial charge in [0.15, 0.2) is 0 Å². The topological polar surface area (TPSA) is 75.7 Å². The molecule has 1 atom stereocenters. The number of para-hydroxylation sites is 1. The highest BCUT2D eigenvalue weighted by Crippen LogP contribution is 2.32. The Balaban J connectivity index is 1.92. The number of nitrogens with zero attached hydrogens (tertiary/aromatic N) is 1. The van der Waals surface area contributed by atoms with E-state index in [-0.39, 0.29) is 29.3 Å². The summed E-state index contributed by atoms with van der Waals surface area (Å²) in [6.07, 6.45) is 0. The average Bonchev–Trinajstić information content (AvgIpc) is 2.83. The van der Waals surface area contributed by atoms with E-state index in [4.69, 9.17) is 4.74 Å². The smallest absolute Gasteiger partial charge is 0.264 e. The summed E-state index contributed by atoms with van der Waals surface area (Å²) in [6.45, 7) is 9.56. The van der Waals surface area contributed by atoms with Gasteiger partial charge >= 0.3 is 0 Å². The van der Waals surface area contributed by atoms with Crippen LogP contribution in [0.1, 0.15) is 55.0 Å². The second-order valence-corrected chi connectivity index (χ2v) is 10.9. The summed E-state index contributed by atoms with van der Waals surface area (Å²) in [6, 6.07) is 19.1. The van der Waals surface area contributed by atoms with Gasteiger partial charge < -0.3 is 10.1 Å². The lowest BCUT2D eigenvalue weighted by Gasteiger charge is -2.27. The third kappa shape index (κ3) is 5.85. The highest BCUT2D eigenvalue weighted by molar-refractivity contribution is 7.92. The van der Waals surface area contributed by atoms with Crippen molar-refractivity contribution in [2.75, 3.05) is 18.0 Å². The van der Waals surface area contributed by atoms with E-state index >= 15 is 0 Å². The molecule has 0 aliphatic carbocycles. The van der Waals surface area contributed by atoms with E-state index in [0.29, 0.717) is 5.69 Å². The molecule has 0 fully saturated rings. The largest absolute Gasteiger partial charge is 0.496 e. The molecule has 0 bridgehead atoms. The zero-order valence-corrected chi connectivity index (χ0v) is 22.0. The summed E-state index contributed by atoms with van der Waals surface area (Å²) in [5.41, 5.74) is 4.26. The number of hydrogen-bond acceptors (Lipinski definition) is 4. The van der Waals surface area contributed by atoms with E-state index < -0.39 is 10.0 Å². The predicted octanol–water partition coefficient (Wildman–Crippen LogP) is 5.51. The number of nitrogens with one attached hydrogen (secondary N) is 1. The number of carbonyl (C=O) groups is 1. The molecule has 0 spiro atoms. The lowest BCUT2D eigenvalue weighted by atomic mass is 9.93. The minimum absolute atomic E-state index is 0.136. The van der Waals surface area contributed by atoms with Crippen molar-refractivity contribution >= 4 is 21.6 Å². The Hall–Kier alpha value is -3.32. The van der Waals surface area contributed by atoms with Crippen LogP contribution in [0, 0.1) is 13.8 Å². The lowest BCUT2D eigenvalue weighted by Crippen LogP contribution is -2.42. The van der Waals surface area contributed by atoms with E-state index in [1.165, 1.54) is 16.4 Å². The van der Waals surface area contributed by atoms with Crippen LogP contribution in [0.15, 0.2) is 71.6 Å². The van der Waals surface area contributed by atoms with E-state index in [9.17, 15) is 13.2 Å². The van der Waals surface area contributed by atoms with Crippen LogP contribution in [0.2, 0.25) is 0 Å². The quantitative estimate of drug-likeness (QED) is 0.426. The molecular weight excluding hydrogens is 460 g/mol. The van der Waals surface area contributed by atoms with Gasteiger partial charge in [-0.25, -0.2) is 8.42 Å². The zero-order valence-electron chi connectivity index (χ0n) is 21.2. The zero-order chi connectivity index (χ0) is 25.8. The van der Waals surface area contributed by atoms with Crippen LogP contribution in [0.4, 0.5) is 5.69 Å². The van der Waals surface area contributed by atoms with Crippen LogP contribution < -0.4 is 14.4 Å². The van der Waals surface area contributed by atoms with Gasteiger partial charge in [-0.1, -0.05) is 50.2 Å². The molecule has 0 heterocycles. The molecule has 0 saturated carbocycles. The summed E-state index contributed by atoms with van der Waals surface area (Å²) < 4.78 is 33.8. The lowest BCUT2D eigenvalue weighted by molar-refractivity contribution is -0.120. The molecule has 7 heteroatoms. The van der Waals surface area contributed by atoms with Crippen LogP contribution in [0.5, 0.6) is 5.75 Å². The van der Waals surface area contributed by atoms with Gasteiger partial charge in [-0.3, -0.25) is 9.10 Å². The predicted molar refractivity (Wildman–Crippen MR) is 141 cm³/mol. The molecule has 0 unspecified atom stereocenters. The van der Waals surface area contributed by atoms with Crippen molar-refractivity contribution in [3.8, 4) is 5.75 Å². The first kappa shape index (κ1) is 26.3. The molecular formula is C28H34N2O4S. The molecule has 0 aliphatic heterocycles. The first-order valence-corrected chi connectivity index (χ1v) is 13.1. The minimum Gasteiger partial charge on any atom is -0.496 e. The number of anilines is 1. The molecule has 3 aromatic rings. The number of amides is 1. The van der Waals surface area contributed by atoms with Crippen LogP contribution in [0.25, 0.3) is 0 Å². The summed E-state index contributed by atoms with van der Waals surface area (Å²) >= 11 is 0. The van der Waals surface area contributed by atoms with Crippen molar-refractivity contribution in [1.29, 1.82) is 0 Å². The van der Waals surface area contributed by atoms with Crippen molar-refractivity contribution in [3.05, 3.63) is 89.0 Å². The van der Waals surface area contributed by atoms with E-state index in [0.717, 1.165) is 28.0 Å². The SMILES string of the molecule is COc1cc(C)c([C@H](C)NC(=O)CN(c2ccccc2C)S(=O)(=O)c2ccccc2)cc1C(C)C. The summed E-state index contributed by atoms with van der Waals surface area (Å²) in [5, 5.41) is 3.00. The Labute approximate surface area is 209 Å². The van der Waals surface area contributed by atoms with Crippen LogP contribution in [-0.4, -0.2) is 28.0 Å². The maximum absolute atomic E-state index is 13.6. The molecule has 0 saturated heterocycles. The van der Waals surface area contributed by atoms with Crippen LogP contribution in [-0.2, 0) is 14.8 Å². The second kappa shape index (κ2) is 11.0. The fourth-order valence-corrected chi connectivity index (χ4v) is 5.67. The van der Waals surface area contributed by atoms with Crippen molar-refractivity contribution in [3.63, 3.8) is 0 Å². The van der Waals surface area contributed by atoms with Crippen LogP contribution >= 0.6 is 0 Å². The molecule has 3 aromatic carbocycles. The fraction of sp³-hybridized carbons (Fsp3) is 0.321. The van der Waals surface area contributed by atoms with Gasteiger partial charge in [-0.2, -0.15) is 0 Å². The Morgan fingerprint density at radius 1 is 0.914 bits per heavy atom. The minimum atomic E-state index is -3.95. The monoisotopic (exact) mass is 494 g/mol. The maximum Gasteiger partial charge on any atom is 0.264 e. The summed E-state index contributed by atoms with van der Waals surface area (Å²) in [4.78, 5) is 13.3. The number of benzene rings is 3. The number of hydrogen-bond donors (Lipinski definition) is 1. The average molecular weight is 495 g/mol. The Morgan fingerprint density at radius 2 is 1.54 bits per heavy atom. The van der Waals surface area contributed by atoms with Gasteiger partial charge in [0.05, 0.1) is 23.7 Å². The Kier molecular flexibility index (Phi) is 8.22. The van der Waals surface area contributed by atoms with E-state index in [2.05, 4.69) is 25.2 Å². The first-order valence-electron chi connectivity index (χ1n) is 11.7. The van der Waals surface area contributed by atoms with Crippen molar-refractivity contribution in [2.24, 2.45) is 0 Å². The molecule has 0 radical (unpaired) electrons. The number of ether oxygens (including phenoxy) is 1. The molecule has 35 heavy (non-hydrogen) atoms. The second-order valence-electron chi connectivity index (χ2n) is 9.01. The molecule has 186 valence electrons. The Morgan fingerprint density at radius 3 is 2.14 bits per heavy atom. The number of carbonyl (C=O) groups excluding carboxylic acids is 1. The molecule has 6 nitrogen and oxygen atoms in total. The molecule has 1 amide bonds. The highest BCUT2D eigenvalue weighted by atomic mass is 32.2. The van der Waals surface area contributed by atoms with Gasteiger partial charge in [0.1, 0.15) is 12.3 Å². The first-order chi connectivity index (χ1) is 16.6. The number of methoxy groups -OCH3 is 1. The van der Waals surface area contributed by atoms with Gasteiger partial charge in [0, 0.05) is 0 Å². The third-order valence-corrected chi connectivity index (χ3v) is 7.86. The molecule has 0 aromatic heterocycles. The summed E-state index contributed by atoms with van der Waals surface area (Å²) in [5.74, 6) is 0.681. The Bertz CT molecular complexity index is 1290. The van der Waals surface area contributed by atoms with E-state index in [1.54, 1.807) is 37.4 Å². The number of aryl methyl sites for hydroxylation is 2. The highest BCUT2D eigenvalue weighted by Gasteiger charge is 2.28. The van der Waals surface area contributed by atoms with Gasteiger partial charge in [0.2, 0.25) is 5.91 Å². The van der Waals surface area contributed by atoms with Crippen molar-refractivity contribution in [2.45, 2.75) is 51.5 Å². The fourth-order valence-electron chi connectivity index (χ4n) is 4.17. The van der Waals surface area contributed by atoms with Gasteiger partial charge in [-0.05, 0) is 79.3 Å². The molecule has 0 aliphatic rings. The normalized spacial score (nSPS) is 12.3. The maximum atomic E-state index is 13.6. The third-order valence-electron chi connectivity index (χ3n) is 6.09. The van der Waals surface area contributed by atoms with Crippen molar-refractivity contribution < 1.29 is 17.9 Å². The summed E-state index contributed by atoms with van der Waals surface area (Å²) in [7, 11) is -2.30. The van der Waals surface area contributed by atoms with Crippen LogP contribution in [0.3, 0.4) is 0 Å². The standard InChI is InChI=1S/C28H34N2O4S/c1-19(2)24-17-25(21(4)16-27(24)34-6)22(5)29-28(31)18-30(26-15-11-10-12-20(26)3)35(32,33)23-13-8-7-9-14-23/h7-17,19,22H,18H2,1-6H3,(H,29,31)/t22-/m0/s1. The van der Waals surface area contributed by atoms with Gasteiger partial charge in [0.25, 0.3) is 10.0 Å². The molecule has 1 N–H and O–H groups in total. The van der Waals surface area contributed by atoms with Crippen molar-refractivity contribution in [1.82, 2.24) is 5.32 Å². The number of sulfonamides is 1.